The fourth-order valence-electron chi connectivity index (χ4n) is 1.01. The largest absolute Gasteiger partial charge is 0.735 e. The van der Waals surface area contributed by atoms with Crippen LogP contribution >= 0.6 is 0 Å². The van der Waals surface area contributed by atoms with Gasteiger partial charge in [-0.15, -0.1) is 0 Å². The summed E-state index contributed by atoms with van der Waals surface area (Å²) < 4.78 is 20.1. The Morgan fingerprint density at radius 3 is 2.18 bits per heavy atom. The van der Waals surface area contributed by atoms with Gasteiger partial charge in [-0.25, -0.2) is 9.78 Å². The zero-order valence-corrected chi connectivity index (χ0v) is 11.6. The Bertz CT molecular complexity index is 170. The minimum atomic E-state index is -3.33. The summed E-state index contributed by atoms with van der Waals surface area (Å²) in [5.74, 6) is 0. The minimum Gasteiger partial charge on any atom is -0.352 e. The van der Waals surface area contributed by atoms with E-state index in [4.69, 9.17) is 23.7 Å². The molecule has 17 heavy (non-hydrogen) atoms. The van der Waals surface area contributed by atoms with Gasteiger partial charge in [0.1, 0.15) is 0 Å². The van der Waals surface area contributed by atoms with Gasteiger partial charge in [0, 0.05) is 26.8 Å². The lowest BCUT2D eigenvalue weighted by Crippen LogP contribution is -2.48. The molecule has 0 fully saturated rings. The Labute approximate surface area is 103 Å². The first-order valence-electron chi connectivity index (χ1n) is 5.28. The summed E-state index contributed by atoms with van der Waals surface area (Å²) in [6, 6.07) is 0. The summed E-state index contributed by atoms with van der Waals surface area (Å²) in [7, 11) is 0.743. The summed E-state index contributed by atoms with van der Waals surface area (Å²) >= 11 is 0. The molecule has 0 unspecified atom stereocenters. The maximum Gasteiger partial charge on any atom is 0.735 e. The molecule has 0 aromatic carbocycles. The number of nitrogens with two attached hydrogens (primary N) is 1. The van der Waals surface area contributed by atoms with Crippen molar-refractivity contribution in [2.24, 2.45) is 5.73 Å². The summed E-state index contributed by atoms with van der Waals surface area (Å²) in [6.45, 7) is 2.56. The van der Waals surface area contributed by atoms with Crippen LogP contribution in [0.25, 0.3) is 0 Å². The van der Waals surface area contributed by atoms with Crippen molar-refractivity contribution in [3.8, 4) is 0 Å². The zero-order chi connectivity index (χ0) is 13.0. The molecule has 0 aliphatic rings. The maximum atomic E-state index is 5.39. The van der Waals surface area contributed by atoms with Gasteiger partial charge < -0.3 is 19.9 Å². The molecule has 0 aromatic rings. The molecule has 0 atom stereocenters. The van der Waals surface area contributed by atoms with Gasteiger partial charge in [-0.2, -0.15) is 9.15 Å². The van der Waals surface area contributed by atoms with Crippen molar-refractivity contribution in [2.45, 2.75) is 6.42 Å². The van der Waals surface area contributed by atoms with E-state index >= 15 is 0 Å². The molecule has 0 saturated heterocycles. The fraction of sp³-hybridized carbons (Fsp3) is 1.00. The number of rotatable bonds is 12. The zero-order valence-electron chi connectivity index (χ0n) is 10.6. The highest BCUT2D eigenvalue weighted by molar-refractivity contribution is 6.52. The topological polar surface area (TPSA) is 93.4 Å². The van der Waals surface area contributed by atoms with Crippen LogP contribution in [0.3, 0.4) is 0 Å². The fourth-order valence-corrected chi connectivity index (χ4v) is 2.20. The predicted molar refractivity (Wildman–Crippen MR) is 61.4 cm³/mol. The number of hydrogen-bond acceptors (Lipinski definition) is 8. The standard InChI is InChI=1S/C8H22N2O6Si/c1-11-15-17(13-3,16-12-2)14-8-4-6-10-7-5-9/h10H,4-9H2,1-3H3. The first-order valence-corrected chi connectivity index (χ1v) is 6.91. The van der Waals surface area contributed by atoms with E-state index in [2.05, 4.69) is 15.1 Å². The first kappa shape index (κ1) is 16.9. The summed E-state index contributed by atoms with van der Waals surface area (Å²) in [6.07, 6.45) is 0.762. The average Bonchev–Trinajstić information content (AvgIpc) is 2.34. The summed E-state index contributed by atoms with van der Waals surface area (Å²) in [5.41, 5.74) is 5.33. The van der Waals surface area contributed by atoms with Gasteiger partial charge in [0.25, 0.3) is 0 Å². The average molecular weight is 270 g/mol. The van der Waals surface area contributed by atoms with Gasteiger partial charge in [0.05, 0.1) is 14.2 Å². The Morgan fingerprint density at radius 1 is 1.06 bits per heavy atom. The van der Waals surface area contributed by atoms with E-state index in [1.807, 2.05) is 0 Å². The van der Waals surface area contributed by atoms with E-state index in [1.54, 1.807) is 0 Å². The molecule has 0 aromatic heterocycles. The number of nitrogens with one attached hydrogen (secondary N) is 1. The summed E-state index contributed by atoms with van der Waals surface area (Å²) in [4.78, 5) is 9.04. The smallest absolute Gasteiger partial charge is 0.352 e. The number of hydrogen-bond donors (Lipinski definition) is 2. The Kier molecular flexibility index (Phi) is 10.9. The van der Waals surface area contributed by atoms with E-state index in [1.165, 1.54) is 21.3 Å². The van der Waals surface area contributed by atoms with Crippen molar-refractivity contribution in [3.05, 3.63) is 0 Å². The third kappa shape index (κ3) is 7.75. The van der Waals surface area contributed by atoms with Crippen LogP contribution in [0.4, 0.5) is 0 Å². The molecule has 9 heteroatoms. The quantitative estimate of drug-likeness (QED) is 0.206. The Morgan fingerprint density at radius 2 is 1.71 bits per heavy atom. The highest BCUT2D eigenvalue weighted by atomic mass is 28.4. The van der Waals surface area contributed by atoms with E-state index in [-0.39, 0.29) is 0 Å². The molecule has 0 radical (unpaired) electrons. The summed E-state index contributed by atoms with van der Waals surface area (Å²) in [5, 5.41) is 3.13. The normalized spacial score (nSPS) is 12.0. The molecule has 0 spiro atoms. The molecule has 0 rings (SSSR count). The van der Waals surface area contributed by atoms with E-state index in [0.717, 1.165) is 19.5 Å². The predicted octanol–water partition coefficient (Wildman–Crippen LogP) is -0.821. The van der Waals surface area contributed by atoms with Gasteiger partial charge in [-0.1, -0.05) is 0 Å². The molecule has 0 heterocycles. The van der Waals surface area contributed by atoms with Crippen LogP contribution in [-0.2, 0) is 27.8 Å². The molecule has 0 amide bonds. The molecule has 0 aliphatic carbocycles. The van der Waals surface area contributed by atoms with Crippen LogP contribution < -0.4 is 11.1 Å². The SMILES string of the molecule is COO[Si](OC)(OCCCNCCN)OOC. The minimum absolute atomic E-state index is 0.393. The third-order valence-corrected chi connectivity index (χ3v) is 3.52. The van der Waals surface area contributed by atoms with Gasteiger partial charge in [-0.05, 0) is 13.0 Å². The molecule has 0 aliphatic heterocycles. The second kappa shape index (κ2) is 11.0. The van der Waals surface area contributed by atoms with Crippen molar-refractivity contribution in [1.82, 2.24) is 5.32 Å². The maximum absolute atomic E-state index is 5.39. The first-order chi connectivity index (χ1) is 8.24. The van der Waals surface area contributed by atoms with Gasteiger partial charge in [0.15, 0.2) is 0 Å². The van der Waals surface area contributed by atoms with Crippen LogP contribution in [0.15, 0.2) is 0 Å². The van der Waals surface area contributed by atoms with Crippen molar-refractivity contribution in [3.63, 3.8) is 0 Å². The Balaban J connectivity index is 3.82. The second-order valence-electron chi connectivity index (χ2n) is 2.94. The lowest BCUT2D eigenvalue weighted by molar-refractivity contribution is -0.319. The van der Waals surface area contributed by atoms with Gasteiger partial charge in [-0.3, -0.25) is 0 Å². The van der Waals surface area contributed by atoms with Crippen LogP contribution in [0.2, 0.25) is 0 Å². The van der Waals surface area contributed by atoms with Crippen LogP contribution in [0, 0.1) is 0 Å². The van der Waals surface area contributed by atoms with Crippen LogP contribution in [-0.4, -0.2) is 56.6 Å². The van der Waals surface area contributed by atoms with Gasteiger partial charge >= 0.3 is 9.05 Å². The molecule has 8 nitrogen and oxygen atoms in total. The van der Waals surface area contributed by atoms with E-state index in [0.29, 0.717) is 13.2 Å². The molecule has 104 valence electrons. The van der Waals surface area contributed by atoms with Crippen LogP contribution in [0.1, 0.15) is 6.42 Å². The molecule has 0 saturated carbocycles. The van der Waals surface area contributed by atoms with E-state index in [9.17, 15) is 0 Å². The van der Waals surface area contributed by atoms with E-state index < -0.39 is 9.05 Å². The Hall–Kier alpha value is -0.103. The van der Waals surface area contributed by atoms with Gasteiger partial charge in [0.2, 0.25) is 0 Å². The molecular formula is C8H22N2O6Si. The second-order valence-corrected chi connectivity index (χ2v) is 4.98. The van der Waals surface area contributed by atoms with Crippen molar-refractivity contribution >= 4 is 9.05 Å². The monoisotopic (exact) mass is 270 g/mol. The van der Waals surface area contributed by atoms with Crippen LogP contribution in [0.5, 0.6) is 0 Å². The molecule has 3 N–H and O–H groups in total. The highest BCUT2D eigenvalue weighted by Crippen LogP contribution is 2.11. The van der Waals surface area contributed by atoms with Crippen molar-refractivity contribution in [1.29, 1.82) is 0 Å². The highest BCUT2D eigenvalue weighted by Gasteiger charge is 2.48. The lowest BCUT2D eigenvalue weighted by Gasteiger charge is -2.22. The lowest BCUT2D eigenvalue weighted by atomic mass is 10.4. The molecular weight excluding hydrogens is 248 g/mol. The third-order valence-electron chi connectivity index (χ3n) is 1.72. The molecule has 0 bridgehead atoms. The van der Waals surface area contributed by atoms with Crippen molar-refractivity contribution in [2.75, 3.05) is 47.6 Å². The van der Waals surface area contributed by atoms with Crippen molar-refractivity contribution < 1.29 is 27.8 Å².